The Morgan fingerprint density at radius 1 is 1.40 bits per heavy atom. The van der Waals surface area contributed by atoms with Gasteiger partial charge in [-0.25, -0.2) is 21.6 Å². The van der Waals surface area contributed by atoms with Gasteiger partial charge in [0.1, 0.15) is 0 Å². The van der Waals surface area contributed by atoms with Crippen LogP contribution in [0.15, 0.2) is 23.1 Å². The minimum absolute atomic E-state index is 0.00977. The van der Waals surface area contributed by atoms with Crippen molar-refractivity contribution in [2.24, 2.45) is 0 Å². The number of sulfonamides is 1. The largest absolute Gasteiger partial charge is 0.392 e. The second kappa shape index (κ2) is 5.44. The van der Waals surface area contributed by atoms with E-state index in [9.17, 15) is 16.8 Å². The number of rotatable bonds is 4. The number of nitrogens with one attached hydrogen (secondary N) is 1. The van der Waals surface area contributed by atoms with Gasteiger partial charge < -0.3 is 5.11 Å². The maximum atomic E-state index is 12.3. The summed E-state index contributed by atoms with van der Waals surface area (Å²) in [6, 6.07) is 4.09. The van der Waals surface area contributed by atoms with Gasteiger partial charge in [0.25, 0.3) is 0 Å². The molecule has 1 aliphatic rings. The zero-order valence-corrected chi connectivity index (χ0v) is 12.7. The summed E-state index contributed by atoms with van der Waals surface area (Å²) in [7, 11) is -6.92. The van der Waals surface area contributed by atoms with Crippen molar-refractivity contribution in [2.75, 3.05) is 11.5 Å². The SMILES string of the molecule is Cc1ccc(CO)cc1S(=O)(=O)NC1CCS(=O)(=O)C1. The number of hydrogen-bond acceptors (Lipinski definition) is 5. The molecule has 0 spiro atoms. The van der Waals surface area contributed by atoms with Crippen molar-refractivity contribution >= 4 is 19.9 Å². The summed E-state index contributed by atoms with van der Waals surface area (Å²) in [5.41, 5.74) is 1.05. The van der Waals surface area contributed by atoms with Gasteiger partial charge in [0, 0.05) is 6.04 Å². The van der Waals surface area contributed by atoms with Crippen molar-refractivity contribution in [3.63, 3.8) is 0 Å². The molecule has 1 atom stereocenters. The Morgan fingerprint density at radius 3 is 2.65 bits per heavy atom. The lowest BCUT2D eigenvalue weighted by atomic mass is 10.2. The average molecular weight is 319 g/mol. The highest BCUT2D eigenvalue weighted by atomic mass is 32.2. The summed E-state index contributed by atoms with van der Waals surface area (Å²) in [6.07, 6.45) is 0.292. The van der Waals surface area contributed by atoms with E-state index in [1.165, 1.54) is 6.07 Å². The van der Waals surface area contributed by atoms with Crippen molar-refractivity contribution < 1.29 is 21.9 Å². The molecule has 0 aliphatic carbocycles. The van der Waals surface area contributed by atoms with Gasteiger partial charge in [0.05, 0.1) is 23.0 Å². The third-order valence-electron chi connectivity index (χ3n) is 3.28. The van der Waals surface area contributed by atoms with Crippen LogP contribution in [-0.4, -0.2) is 39.5 Å². The monoisotopic (exact) mass is 319 g/mol. The van der Waals surface area contributed by atoms with Crippen molar-refractivity contribution in [2.45, 2.75) is 30.9 Å². The van der Waals surface area contributed by atoms with Crippen LogP contribution in [0.5, 0.6) is 0 Å². The van der Waals surface area contributed by atoms with E-state index in [1.54, 1.807) is 19.1 Å². The second-order valence-corrected chi connectivity index (χ2v) is 8.89. The molecule has 1 aromatic carbocycles. The molecule has 6 nitrogen and oxygen atoms in total. The number of aryl methyl sites for hydroxylation is 1. The van der Waals surface area contributed by atoms with Crippen molar-refractivity contribution in [3.05, 3.63) is 29.3 Å². The maximum absolute atomic E-state index is 12.3. The Balaban J connectivity index is 2.27. The van der Waals surface area contributed by atoms with Crippen LogP contribution in [-0.2, 0) is 26.5 Å². The Morgan fingerprint density at radius 2 is 2.10 bits per heavy atom. The highest BCUT2D eigenvalue weighted by Gasteiger charge is 2.31. The van der Waals surface area contributed by atoms with Crippen LogP contribution in [0.4, 0.5) is 0 Å². The fourth-order valence-electron chi connectivity index (χ4n) is 2.20. The molecule has 0 amide bonds. The maximum Gasteiger partial charge on any atom is 0.241 e. The summed E-state index contributed by atoms with van der Waals surface area (Å²) in [5.74, 6) is -0.152. The molecular weight excluding hydrogens is 302 g/mol. The standard InChI is InChI=1S/C12H17NO5S2/c1-9-2-3-10(7-14)6-12(9)20(17,18)13-11-4-5-19(15,16)8-11/h2-3,6,11,13-14H,4-5,7-8H2,1H3. The van der Waals surface area contributed by atoms with Crippen LogP contribution in [0.1, 0.15) is 17.5 Å². The van der Waals surface area contributed by atoms with Crippen LogP contribution >= 0.6 is 0 Å². The van der Waals surface area contributed by atoms with Crippen LogP contribution < -0.4 is 4.72 Å². The fourth-order valence-corrected chi connectivity index (χ4v) is 5.55. The highest BCUT2D eigenvalue weighted by molar-refractivity contribution is 7.92. The minimum atomic E-state index is -3.78. The highest BCUT2D eigenvalue weighted by Crippen LogP contribution is 2.20. The van der Waals surface area contributed by atoms with Crippen LogP contribution in [0.2, 0.25) is 0 Å². The Labute approximate surface area is 118 Å². The van der Waals surface area contributed by atoms with Gasteiger partial charge in [0.2, 0.25) is 10.0 Å². The number of benzene rings is 1. The lowest BCUT2D eigenvalue weighted by Crippen LogP contribution is -2.35. The molecule has 0 radical (unpaired) electrons. The summed E-state index contributed by atoms with van der Waals surface area (Å²) < 4.78 is 49.8. The van der Waals surface area contributed by atoms with Gasteiger partial charge >= 0.3 is 0 Å². The van der Waals surface area contributed by atoms with E-state index in [4.69, 9.17) is 5.11 Å². The predicted octanol–water partition coefficient (Wildman–Crippen LogP) is -0.0473. The molecule has 1 fully saturated rings. The molecule has 1 saturated heterocycles. The lowest BCUT2D eigenvalue weighted by molar-refractivity contribution is 0.281. The molecule has 0 saturated carbocycles. The third kappa shape index (κ3) is 3.38. The number of aliphatic hydroxyl groups is 1. The Hall–Kier alpha value is -0.960. The number of hydrogen-bond donors (Lipinski definition) is 2. The van der Waals surface area contributed by atoms with E-state index in [-0.39, 0.29) is 23.0 Å². The van der Waals surface area contributed by atoms with Gasteiger partial charge in [0.15, 0.2) is 9.84 Å². The molecule has 112 valence electrons. The molecule has 2 rings (SSSR count). The number of aliphatic hydroxyl groups excluding tert-OH is 1. The van der Waals surface area contributed by atoms with Crippen LogP contribution in [0, 0.1) is 6.92 Å². The van der Waals surface area contributed by atoms with Crippen molar-refractivity contribution in [1.29, 1.82) is 0 Å². The fraction of sp³-hybridized carbons (Fsp3) is 0.500. The van der Waals surface area contributed by atoms with E-state index in [0.29, 0.717) is 17.5 Å². The third-order valence-corrected chi connectivity index (χ3v) is 6.71. The molecule has 1 unspecified atom stereocenters. The van der Waals surface area contributed by atoms with E-state index >= 15 is 0 Å². The first kappa shape index (κ1) is 15.4. The predicted molar refractivity (Wildman–Crippen MR) is 74.5 cm³/mol. The topological polar surface area (TPSA) is 101 Å². The van der Waals surface area contributed by atoms with Crippen molar-refractivity contribution in [3.8, 4) is 0 Å². The Bertz CT molecular complexity index is 709. The molecule has 8 heteroatoms. The second-order valence-electron chi connectivity index (χ2n) is 4.98. The van der Waals surface area contributed by atoms with Gasteiger partial charge in [-0.05, 0) is 30.5 Å². The molecule has 1 aromatic rings. The molecule has 1 heterocycles. The summed E-state index contributed by atoms with van der Waals surface area (Å²) in [5, 5.41) is 9.08. The molecule has 0 bridgehead atoms. The van der Waals surface area contributed by atoms with E-state index in [0.717, 1.165) is 0 Å². The normalized spacial score (nSPS) is 22.0. The van der Waals surface area contributed by atoms with E-state index < -0.39 is 25.9 Å². The van der Waals surface area contributed by atoms with Crippen molar-refractivity contribution in [1.82, 2.24) is 4.72 Å². The molecule has 2 N–H and O–H groups in total. The smallest absolute Gasteiger partial charge is 0.241 e. The van der Waals surface area contributed by atoms with Gasteiger partial charge in [-0.3, -0.25) is 0 Å². The van der Waals surface area contributed by atoms with Crippen LogP contribution in [0.3, 0.4) is 0 Å². The zero-order valence-electron chi connectivity index (χ0n) is 11.0. The zero-order chi connectivity index (χ0) is 15.0. The minimum Gasteiger partial charge on any atom is -0.392 e. The summed E-state index contributed by atoms with van der Waals surface area (Å²) >= 11 is 0. The van der Waals surface area contributed by atoms with Gasteiger partial charge in [-0.15, -0.1) is 0 Å². The first-order valence-corrected chi connectivity index (χ1v) is 9.47. The first-order valence-electron chi connectivity index (χ1n) is 6.17. The quantitative estimate of drug-likeness (QED) is 0.810. The number of sulfone groups is 1. The van der Waals surface area contributed by atoms with Gasteiger partial charge in [-0.1, -0.05) is 12.1 Å². The van der Waals surface area contributed by atoms with Crippen LogP contribution in [0.25, 0.3) is 0 Å². The molecular formula is C12H17NO5S2. The average Bonchev–Trinajstić information content (AvgIpc) is 2.68. The first-order chi connectivity index (χ1) is 9.23. The molecule has 20 heavy (non-hydrogen) atoms. The summed E-state index contributed by atoms with van der Waals surface area (Å²) in [6.45, 7) is 1.40. The molecule has 1 aliphatic heterocycles. The van der Waals surface area contributed by atoms with Gasteiger partial charge in [-0.2, -0.15) is 0 Å². The summed E-state index contributed by atoms with van der Waals surface area (Å²) in [4.78, 5) is 0.0772. The lowest BCUT2D eigenvalue weighted by Gasteiger charge is -2.14. The molecule has 0 aromatic heterocycles. The Kier molecular flexibility index (Phi) is 4.19. The van der Waals surface area contributed by atoms with E-state index in [2.05, 4.69) is 4.72 Å². The van der Waals surface area contributed by atoms with E-state index in [1.807, 2.05) is 0 Å².